The van der Waals surface area contributed by atoms with Crippen LogP contribution in [0.1, 0.15) is 24.6 Å². The van der Waals surface area contributed by atoms with Crippen LogP contribution in [0.4, 0.5) is 19.1 Å². The van der Waals surface area contributed by atoms with Crippen LogP contribution in [0.2, 0.25) is 0 Å². The molecule has 0 bridgehead atoms. The molecule has 0 aliphatic heterocycles. The highest BCUT2D eigenvalue weighted by atomic mass is 19.4. The van der Waals surface area contributed by atoms with Gasteiger partial charge in [-0.2, -0.15) is 18.2 Å². The fourth-order valence-electron chi connectivity index (χ4n) is 1.87. The molecule has 3 heterocycles. The largest absolute Gasteiger partial charge is 0.471 e. The topological polar surface area (TPSA) is 89.6 Å². The van der Waals surface area contributed by atoms with Gasteiger partial charge in [-0.15, -0.1) is 0 Å². The number of anilines is 1. The average molecular weight is 336 g/mol. The number of hydrogen-bond donors (Lipinski definition) is 1. The zero-order valence-corrected chi connectivity index (χ0v) is 12.3. The van der Waals surface area contributed by atoms with Crippen molar-refractivity contribution >= 4 is 5.95 Å². The van der Waals surface area contributed by atoms with Crippen molar-refractivity contribution < 1.29 is 17.7 Å². The van der Waals surface area contributed by atoms with Crippen molar-refractivity contribution in [2.24, 2.45) is 0 Å². The van der Waals surface area contributed by atoms with Crippen LogP contribution in [-0.2, 0) is 6.18 Å². The maximum Gasteiger partial charge on any atom is 0.471 e. The SMILES string of the molecule is C[C@H](Nc1ncc(-c2noc(C(F)(F)F)n2)cn1)c1ccccn1. The maximum absolute atomic E-state index is 12.4. The van der Waals surface area contributed by atoms with Gasteiger partial charge < -0.3 is 9.84 Å². The number of rotatable bonds is 4. The number of alkyl halides is 3. The van der Waals surface area contributed by atoms with E-state index in [9.17, 15) is 13.2 Å². The molecule has 3 rings (SSSR count). The van der Waals surface area contributed by atoms with Crippen LogP contribution >= 0.6 is 0 Å². The molecular formula is C14H11F3N6O. The van der Waals surface area contributed by atoms with Gasteiger partial charge in [-0.05, 0) is 19.1 Å². The second-order valence-corrected chi connectivity index (χ2v) is 4.84. The van der Waals surface area contributed by atoms with Crippen molar-refractivity contribution in [3.05, 3.63) is 48.4 Å². The van der Waals surface area contributed by atoms with Gasteiger partial charge in [0, 0.05) is 18.6 Å². The zero-order valence-electron chi connectivity index (χ0n) is 12.3. The van der Waals surface area contributed by atoms with E-state index in [0.717, 1.165) is 5.69 Å². The minimum absolute atomic E-state index is 0.140. The Morgan fingerprint density at radius 2 is 1.88 bits per heavy atom. The van der Waals surface area contributed by atoms with Crippen LogP contribution in [0.25, 0.3) is 11.4 Å². The Bertz CT molecular complexity index is 803. The third-order valence-electron chi connectivity index (χ3n) is 3.06. The van der Waals surface area contributed by atoms with E-state index in [-0.39, 0.29) is 17.4 Å². The first-order valence-corrected chi connectivity index (χ1v) is 6.84. The molecule has 0 aliphatic carbocycles. The number of nitrogens with one attached hydrogen (secondary N) is 1. The molecule has 1 N–H and O–H groups in total. The summed E-state index contributed by atoms with van der Waals surface area (Å²) in [5, 5.41) is 6.31. The van der Waals surface area contributed by atoms with Gasteiger partial charge in [-0.3, -0.25) is 4.98 Å². The monoisotopic (exact) mass is 336 g/mol. The first-order chi connectivity index (χ1) is 11.4. The fourth-order valence-corrected chi connectivity index (χ4v) is 1.87. The Morgan fingerprint density at radius 3 is 2.46 bits per heavy atom. The minimum atomic E-state index is -4.69. The van der Waals surface area contributed by atoms with E-state index in [1.165, 1.54) is 12.4 Å². The Balaban J connectivity index is 1.73. The fraction of sp³-hybridized carbons (Fsp3) is 0.214. The van der Waals surface area contributed by atoms with Gasteiger partial charge in [-0.25, -0.2) is 9.97 Å². The van der Waals surface area contributed by atoms with E-state index in [4.69, 9.17) is 0 Å². The van der Waals surface area contributed by atoms with Crippen LogP contribution < -0.4 is 5.32 Å². The molecule has 7 nitrogen and oxygen atoms in total. The summed E-state index contributed by atoms with van der Waals surface area (Å²) in [6, 6.07) is 5.38. The van der Waals surface area contributed by atoms with E-state index in [0.29, 0.717) is 5.95 Å². The first-order valence-electron chi connectivity index (χ1n) is 6.84. The lowest BCUT2D eigenvalue weighted by Crippen LogP contribution is -2.10. The summed E-state index contributed by atoms with van der Waals surface area (Å²) in [5.74, 6) is -1.34. The summed E-state index contributed by atoms with van der Waals surface area (Å²) in [5.41, 5.74) is 1.02. The molecule has 124 valence electrons. The normalized spacial score (nSPS) is 12.8. The van der Waals surface area contributed by atoms with Gasteiger partial charge in [0.25, 0.3) is 0 Å². The lowest BCUT2D eigenvalue weighted by molar-refractivity contribution is -0.159. The predicted octanol–water partition coefficient (Wildman–Crippen LogP) is 3.11. The van der Waals surface area contributed by atoms with Crippen molar-refractivity contribution in [1.29, 1.82) is 0 Å². The van der Waals surface area contributed by atoms with Crippen molar-refractivity contribution in [2.75, 3.05) is 5.32 Å². The highest BCUT2D eigenvalue weighted by Crippen LogP contribution is 2.29. The summed E-state index contributed by atoms with van der Waals surface area (Å²) < 4.78 is 41.5. The number of nitrogens with zero attached hydrogens (tertiary/aromatic N) is 5. The van der Waals surface area contributed by atoms with Crippen LogP contribution in [0.5, 0.6) is 0 Å². The van der Waals surface area contributed by atoms with Gasteiger partial charge in [0.15, 0.2) is 0 Å². The van der Waals surface area contributed by atoms with E-state index in [1.54, 1.807) is 6.20 Å². The second-order valence-electron chi connectivity index (χ2n) is 4.84. The molecule has 3 aromatic rings. The quantitative estimate of drug-likeness (QED) is 0.783. The molecule has 0 spiro atoms. The molecule has 0 aromatic carbocycles. The standard InChI is InChI=1S/C14H11F3N6O/c1-8(10-4-2-3-5-18-10)21-13-19-6-9(7-20-13)11-22-12(24-23-11)14(15,16)17/h2-8H,1H3,(H,19,20,21)/t8-/m0/s1. The van der Waals surface area contributed by atoms with Crippen LogP contribution in [-0.4, -0.2) is 25.1 Å². The van der Waals surface area contributed by atoms with Gasteiger partial charge in [0.1, 0.15) is 0 Å². The van der Waals surface area contributed by atoms with Crippen molar-refractivity contribution in [3.8, 4) is 11.4 Å². The van der Waals surface area contributed by atoms with Crippen LogP contribution in [0.3, 0.4) is 0 Å². The summed E-state index contributed by atoms with van der Waals surface area (Å²) >= 11 is 0. The molecule has 0 amide bonds. The molecule has 0 unspecified atom stereocenters. The number of pyridine rings is 1. The third kappa shape index (κ3) is 3.47. The summed E-state index contributed by atoms with van der Waals surface area (Å²) in [7, 11) is 0. The summed E-state index contributed by atoms with van der Waals surface area (Å²) in [6.07, 6.45) is -0.394. The molecule has 0 saturated carbocycles. The molecular weight excluding hydrogens is 325 g/mol. The predicted molar refractivity (Wildman–Crippen MR) is 76.6 cm³/mol. The lowest BCUT2D eigenvalue weighted by atomic mass is 10.2. The lowest BCUT2D eigenvalue weighted by Gasteiger charge is -2.12. The molecule has 1 atom stereocenters. The van der Waals surface area contributed by atoms with Crippen molar-refractivity contribution in [3.63, 3.8) is 0 Å². The van der Waals surface area contributed by atoms with Crippen LogP contribution in [0, 0.1) is 0 Å². The van der Waals surface area contributed by atoms with E-state index in [1.807, 2.05) is 25.1 Å². The van der Waals surface area contributed by atoms with E-state index >= 15 is 0 Å². The van der Waals surface area contributed by atoms with E-state index < -0.39 is 12.1 Å². The molecule has 0 aliphatic rings. The van der Waals surface area contributed by atoms with Crippen LogP contribution in [0.15, 0.2) is 41.3 Å². The minimum Gasteiger partial charge on any atom is -0.346 e. The van der Waals surface area contributed by atoms with E-state index in [2.05, 4.69) is 34.9 Å². The third-order valence-corrected chi connectivity index (χ3v) is 3.06. The molecule has 0 fully saturated rings. The Morgan fingerprint density at radius 1 is 1.12 bits per heavy atom. The van der Waals surface area contributed by atoms with Crippen molar-refractivity contribution in [1.82, 2.24) is 25.1 Å². The molecule has 0 saturated heterocycles. The number of hydrogen-bond acceptors (Lipinski definition) is 7. The Labute approximate surface area is 134 Å². The second kappa shape index (κ2) is 6.22. The number of halogens is 3. The summed E-state index contributed by atoms with van der Waals surface area (Å²) in [6.45, 7) is 1.88. The average Bonchev–Trinajstić information content (AvgIpc) is 3.07. The highest BCUT2D eigenvalue weighted by Gasteiger charge is 2.38. The zero-order chi connectivity index (χ0) is 17.2. The molecule has 3 aromatic heterocycles. The van der Waals surface area contributed by atoms with Gasteiger partial charge in [0.2, 0.25) is 11.8 Å². The highest BCUT2D eigenvalue weighted by molar-refractivity contribution is 5.52. The number of aromatic nitrogens is 5. The first kappa shape index (κ1) is 15.8. The van der Waals surface area contributed by atoms with Gasteiger partial charge in [-0.1, -0.05) is 11.2 Å². The smallest absolute Gasteiger partial charge is 0.346 e. The maximum atomic E-state index is 12.4. The molecule has 24 heavy (non-hydrogen) atoms. The Kier molecular flexibility index (Phi) is 4.11. The summed E-state index contributed by atoms with van der Waals surface area (Å²) in [4.78, 5) is 15.6. The molecule has 10 heteroatoms. The Hall–Kier alpha value is -3.04. The van der Waals surface area contributed by atoms with Gasteiger partial charge in [0.05, 0.1) is 17.3 Å². The molecule has 0 radical (unpaired) electrons. The van der Waals surface area contributed by atoms with Crippen molar-refractivity contribution in [2.45, 2.75) is 19.1 Å². The van der Waals surface area contributed by atoms with Gasteiger partial charge >= 0.3 is 12.1 Å².